The molecular weight excluding hydrogens is 162 g/mol. The van der Waals surface area contributed by atoms with Gasteiger partial charge in [-0.1, -0.05) is 6.08 Å². The van der Waals surface area contributed by atoms with Gasteiger partial charge in [0.25, 0.3) is 0 Å². The third-order valence-corrected chi connectivity index (χ3v) is 1.77. The Bertz CT molecular complexity index is 218. The molecule has 1 aliphatic rings. The maximum absolute atomic E-state index is 10.4. The topological polar surface area (TPSA) is 77.6 Å². The van der Waals surface area contributed by atoms with Crippen LogP contribution in [0.2, 0.25) is 0 Å². The fraction of sp³-hybridized carbons (Fsp3) is 0.429. The summed E-state index contributed by atoms with van der Waals surface area (Å²) < 4.78 is 0. The van der Waals surface area contributed by atoms with Crippen LogP contribution in [-0.4, -0.2) is 45.7 Å². The first kappa shape index (κ1) is 8.73. The molecule has 0 aromatic carbocycles. The lowest BCUT2D eigenvalue weighted by molar-refractivity contribution is -0.140. The Kier molecular flexibility index (Phi) is 2.14. The van der Waals surface area contributed by atoms with E-state index in [4.69, 9.17) is 10.2 Å². The van der Waals surface area contributed by atoms with Gasteiger partial charge in [-0.25, -0.2) is 0 Å². The Balaban J connectivity index is 2.60. The summed E-state index contributed by atoms with van der Waals surface area (Å²) in [6.07, 6.45) is 1.48. The maximum Gasteiger partial charge on any atom is 0.323 e. The molecule has 0 aromatic heterocycles. The van der Waals surface area contributed by atoms with Crippen LogP contribution < -0.4 is 0 Å². The van der Waals surface area contributed by atoms with Crippen molar-refractivity contribution in [2.24, 2.45) is 0 Å². The molecule has 0 spiro atoms. The zero-order chi connectivity index (χ0) is 9.30. The predicted molar refractivity (Wildman–Crippen MR) is 39.8 cm³/mol. The van der Waals surface area contributed by atoms with Gasteiger partial charge in [0.2, 0.25) is 0 Å². The highest BCUT2D eigenvalue weighted by Gasteiger charge is 2.56. The Morgan fingerprint density at radius 3 is 2.00 bits per heavy atom. The van der Waals surface area contributed by atoms with E-state index >= 15 is 0 Å². The lowest BCUT2D eigenvalue weighted by Gasteiger charge is -1.92. The Hall–Kier alpha value is -1.36. The molecule has 0 amide bonds. The van der Waals surface area contributed by atoms with Crippen molar-refractivity contribution in [1.82, 2.24) is 4.90 Å². The molecule has 5 heteroatoms. The molecule has 0 aliphatic carbocycles. The van der Waals surface area contributed by atoms with Gasteiger partial charge in [0.1, 0.15) is 12.1 Å². The fourth-order valence-corrected chi connectivity index (χ4v) is 1.21. The number of rotatable bonds is 4. The molecule has 66 valence electrons. The highest BCUT2D eigenvalue weighted by atomic mass is 16.4. The van der Waals surface area contributed by atoms with E-state index in [1.165, 1.54) is 11.0 Å². The van der Waals surface area contributed by atoms with Gasteiger partial charge in [-0.05, 0) is 0 Å². The number of nitrogens with zero attached hydrogens (tertiary/aromatic N) is 1. The maximum atomic E-state index is 10.4. The molecule has 12 heavy (non-hydrogen) atoms. The highest BCUT2D eigenvalue weighted by molar-refractivity contribution is 5.91. The molecule has 0 saturated carbocycles. The minimum Gasteiger partial charge on any atom is -0.480 e. The van der Waals surface area contributed by atoms with Gasteiger partial charge in [-0.3, -0.25) is 14.5 Å². The fourth-order valence-electron chi connectivity index (χ4n) is 1.21. The molecule has 0 aromatic rings. The standard InChI is InChI=1S/C7H9NO4/c1-2-3-8-4(6(9)10)5(8)7(11)12/h2,4-5H,1,3H2,(H,9,10)(H,11,12). The summed E-state index contributed by atoms with van der Waals surface area (Å²) in [7, 11) is 0. The van der Waals surface area contributed by atoms with E-state index in [0.717, 1.165) is 0 Å². The summed E-state index contributed by atoms with van der Waals surface area (Å²) in [6, 6.07) is -1.75. The van der Waals surface area contributed by atoms with E-state index in [1.54, 1.807) is 0 Å². The average molecular weight is 171 g/mol. The van der Waals surface area contributed by atoms with Crippen LogP contribution in [0.15, 0.2) is 12.7 Å². The molecule has 2 N–H and O–H groups in total. The largest absolute Gasteiger partial charge is 0.480 e. The smallest absolute Gasteiger partial charge is 0.323 e. The first-order valence-electron chi connectivity index (χ1n) is 3.42. The van der Waals surface area contributed by atoms with E-state index in [-0.39, 0.29) is 0 Å². The monoisotopic (exact) mass is 171 g/mol. The first-order chi connectivity index (χ1) is 5.59. The van der Waals surface area contributed by atoms with Crippen LogP contribution in [0.25, 0.3) is 0 Å². The molecular formula is C7H9NO4. The summed E-state index contributed by atoms with van der Waals surface area (Å²) in [5.74, 6) is -2.19. The van der Waals surface area contributed by atoms with Crippen molar-refractivity contribution in [2.45, 2.75) is 12.1 Å². The third-order valence-electron chi connectivity index (χ3n) is 1.77. The van der Waals surface area contributed by atoms with E-state index < -0.39 is 24.0 Å². The first-order valence-corrected chi connectivity index (χ1v) is 3.42. The van der Waals surface area contributed by atoms with Gasteiger partial charge >= 0.3 is 11.9 Å². The van der Waals surface area contributed by atoms with Gasteiger partial charge < -0.3 is 10.2 Å². The van der Waals surface area contributed by atoms with Crippen molar-refractivity contribution < 1.29 is 19.8 Å². The summed E-state index contributed by atoms with van der Waals surface area (Å²) in [5.41, 5.74) is 0. The molecule has 2 unspecified atom stereocenters. The van der Waals surface area contributed by atoms with Crippen LogP contribution in [0.3, 0.4) is 0 Å². The van der Waals surface area contributed by atoms with Crippen LogP contribution in [0.5, 0.6) is 0 Å². The number of hydrogen-bond acceptors (Lipinski definition) is 3. The van der Waals surface area contributed by atoms with Crippen LogP contribution in [0, 0.1) is 0 Å². The van der Waals surface area contributed by atoms with Gasteiger partial charge in [0.15, 0.2) is 0 Å². The summed E-state index contributed by atoms with van der Waals surface area (Å²) >= 11 is 0. The van der Waals surface area contributed by atoms with Gasteiger partial charge in [-0.2, -0.15) is 0 Å². The SMILES string of the molecule is C=CCN1C(C(=O)O)C1C(=O)O. The van der Waals surface area contributed by atoms with E-state index in [9.17, 15) is 9.59 Å². The van der Waals surface area contributed by atoms with Gasteiger partial charge in [-0.15, -0.1) is 6.58 Å². The Labute approximate surface area is 68.9 Å². The quantitative estimate of drug-likeness (QED) is 0.436. The summed E-state index contributed by atoms with van der Waals surface area (Å²) in [5, 5.41) is 17.1. The van der Waals surface area contributed by atoms with Crippen molar-refractivity contribution >= 4 is 11.9 Å². The summed E-state index contributed by atoms with van der Waals surface area (Å²) in [6.45, 7) is 3.70. The van der Waals surface area contributed by atoms with Gasteiger partial charge in [0, 0.05) is 6.54 Å². The van der Waals surface area contributed by atoms with Crippen molar-refractivity contribution in [3.05, 3.63) is 12.7 Å². The molecule has 1 heterocycles. The number of carboxylic acids is 2. The van der Waals surface area contributed by atoms with Crippen molar-refractivity contribution in [1.29, 1.82) is 0 Å². The van der Waals surface area contributed by atoms with Crippen LogP contribution in [0.4, 0.5) is 0 Å². The number of carboxylic acid groups (broad SMARTS) is 2. The molecule has 2 atom stereocenters. The van der Waals surface area contributed by atoms with Gasteiger partial charge in [0.05, 0.1) is 0 Å². The third kappa shape index (κ3) is 1.31. The van der Waals surface area contributed by atoms with E-state index in [2.05, 4.69) is 6.58 Å². The minimum atomic E-state index is -1.09. The van der Waals surface area contributed by atoms with Crippen molar-refractivity contribution in [2.75, 3.05) is 6.54 Å². The molecule has 1 fully saturated rings. The number of aliphatic carboxylic acids is 2. The molecule has 0 radical (unpaired) electrons. The minimum absolute atomic E-state index is 0.300. The van der Waals surface area contributed by atoms with E-state index in [0.29, 0.717) is 6.54 Å². The molecule has 1 aliphatic heterocycles. The van der Waals surface area contributed by atoms with Crippen molar-refractivity contribution in [3.63, 3.8) is 0 Å². The Morgan fingerprint density at radius 1 is 1.33 bits per heavy atom. The number of carbonyl (C=O) groups is 2. The zero-order valence-corrected chi connectivity index (χ0v) is 6.30. The van der Waals surface area contributed by atoms with E-state index in [1.807, 2.05) is 0 Å². The van der Waals surface area contributed by atoms with Crippen LogP contribution in [-0.2, 0) is 9.59 Å². The zero-order valence-electron chi connectivity index (χ0n) is 6.30. The lowest BCUT2D eigenvalue weighted by atomic mass is 10.3. The van der Waals surface area contributed by atoms with Crippen LogP contribution in [0.1, 0.15) is 0 Å². The average Bonchev–Trinajstić information content (AvgIpc) is 2.63. The number of hydrogen-bond donors (Lipinski definition) is 2. The normalized spacial score (nSPS) is 32.5. The second-order valence-electron chi connectivity index (χ2n) is 2.55. The molecule has 0 bridgehead atoms. The van der Waals surface area contributed by atoms with Crippen molar-refractivity contribution in [3.8, 4) is 0 Å². The molecule has 1 rings (SSSR count). The predicted octanol–water partition coefficient (Wildman–Crippen LogP) is -0.606. The lowest BCUT2D eigenvalue weighted by Crippen LogP contribution is -2.14. The van der Waals surface area contributed by atoms with Crippen LogP contribution >= 0.6 is 0 Å². The highest BCUT2D eigenvalue weighted by Crippen LogP contribution is 2.28. The Morgan fingerprint density at radius 2 is 1.75 bits per heavy atom. The molecule has 1 saturated heterocycles. The second kappa shape index (κ2) is 2.94. The molecule has 5 nitrogen and oxygen atoms in total. The summed E-state index contributed by atoms with van der Waals surface area (Å²) in [4.78, 5) is 22.2. The second-order valence-corrected chi connectivity index (χ2v) is 2.55.